The highest BCUT2D eigenvalue weighted by atomic mass is 35.5. The lowest BCUT2D eigenvalue weighted by atomic mass is 10.3. The minimum absolute atomic E-state index is 0.284. The molecule has 0 spiro atoms. The zero-order valence-corrected chi connectivity index (χ0v) is 7.94. The van der Waals surface area contributed by atoms with E-state index in [1.54, 1.807) is 6.92 Å². The maximum atomic E-state index is 11.3. The lowest BCUT2D eigenvalue weighted by Crippen LogP contribution is -2.35. The van der Waals surface area contributed by atoms with Crippen molar-refractivity contribution in [3.8, 4) is 0 Å². The summed E-state index contributed by atoms with van der Waals surface area (Å²) in [6.45, 7) is 4.04. The molecule has 1 N–H and O–H groups in total. The van der Waals surface area contributed by atoms with Gasteiger partial charge in [-0.2, -0.15) is 0 Å². The van der Waals surface area contributed by atoms with Gasteiger partial charge in [0.25, 0.3) is 0 Å². The van der Waals surface area contributed by atoms with Gasteiger partial charge in [-0.25, -0.2) is 9.63 Å². The Morgan fingerprint density at radius 1 is 1.92 bits per heavy atom. The summed E-state index contributed by atoms with van der Waals surface area (Å²) in [6, 6.07) is 0. The molecular weight excluding hydrogens is 178 g/mol. The summed E-state index contributed by atoms with van der Waals surface area (Å²) in [7, 11) is 0. The predicted octanol–water partition coefficient (Wildman–Crippen LogP) is 1.38. The molecule has 4 heteroatoms. The van der Waals surface area contributed by atoms with Gasteiger partial charge in [0.1, 0.15) is 0 Å². The monoisotopic (exact) mass is 189 g/mol. The van der Waals surface area contributed by atoms with Gasteiger partial charge in [-0.3, -0.25) is 0 Å². The molecule has 0 aromatic rings. The Bertz CT molecular complexity index is 227. The Labute approximate surface area is 76.8 Å². The first kappa shape index (κ1) is 9.55. The van der Waals surface area contributed by atoms with E-state index in [0.29, 0.717) is 13.0 Å². The van der Waals surface area contributed by atoms with E-state index in [1.807, 2.05) is 13.0 Å². The van der Waals surface area contributed by atoms with Crippen LogP contribution in [0.5, 0.6) is 0 Å². The van der Waals surface area contributed by atoms with Crippen LogP contribution in [-0.4, -0.2) is 18.1 Å². The minimum atomic E-state index is -0.716. The van der Waals surface area contributed by atoms with Crippen LogP contribution in [0.15, 0.2) is 11.6 Å². The predicted molar refractivity (Wildman–Crippen MR) is 46.7 cm³/mol. The third kappa shape index (κ3) is 1.34. The Morgan fingerprint density at radius 3 is 2.92 bits per heavy atom. The molecule has 1 aliphatic carbocycles. The van der Waals surface area contributed by atoms with Gasteiger partial charge in [0.2, 0.25) is 0 Å². The fourth-order valence-electron chi connectivity index (χ4n) is 1.18. The third-order valence-corrected chi connectivity index (χ3v) is 2.34. The molecule has 1 aliphatic rings. The molecule has 1 fully saturated rings. The van der Waals surface area contributed by atoms with E-state index in [2.05, 4.69) is 4.84 Å². The number of hydrogen-bond donors (Lipinski definition) is 1. The quantitative estimate of drug-likeness (QED) is 0.414. The van der Waals surface area contributed by atoms with Crippen molar-refractivity contribution >= 4 is 17.7 Å². The third-order valence-electron chi connectivity index (χ3n) is 2.01. The van der Waals surface area contributed by atoms with Crippen LogP contribution in [0.3, 0.4) is 0 Å². The van der Waals surface area contributed by atoms with Crippen molar-refractivity contribution in [2.75, 3.05) is 6.61 Å². The Balaban J connectivity index is 2.65. The molecule has 0 heterocycles. The fraction of sp³-hybridized carbons (Fsp3) is 0.625. The first-order valence-electron chi connectivity index (χ1n) is 3.92. The number of halogens is 1. The van der Waals surface area contributed by atoms with Gasteiger partial charge < -0.3 is 4.74 Å². The van der Waals surface area contributed by atoms with Gasteiger partial charge in [0, 0.05) is 6.42 Å². The van der Waals surface area contributed by atoms with Crippen molar-refractivity contribution in [1.29, 1.82) is 0 Å². The summed E-state index contributed by atoms with van der Waals surface area (Å²) in [4.78, 5) is 13.8. The molecule has 1 rings (SSSR count). The molecule has 0 amide bonds. The number of nitrogens with one attached hydrogen (secondary N) is 1. The average Bonchev–Trinajstić information content (AvgIpc) is 2.80. The van der Waals surface area contributed by atoms with Gasteiger partial charge >= 0.3 is 5.97 Å². The fourth-order valence-corrected chi connectivity index (χ4v) is 1.45. The smallest absolute Gasteiger partial charge is 0.332 e. The van der Waals surface area contributed by atoms with Crippen LogP contribution < -0.4 is 4.84 Å². The van der Waals surface area contributed by atoms with Gasteiger partial charge in [-0.05, 0) is 31.2 Å². The molecule has 3 nitrogen and oxygen atoms in total. The van der Waals surface area contributed by atoms with Gasteiger partial charge in [0.05, 0.1) is 6.61 Å². The topological polar surface area (TPSA) is 38.3 Å². The normalized spacial score (nSPS) is 30.4. The first-order chi connectivity index (χ1) is 5.71. The number of carbonyl (C=O) groups is 1. The average molecular weight is 190 g/mol. The maximum absolute atomic E-state index is 11.3. The van der Waals surface area contributed by atoms with Crippen LogP contribution in [-0.2, 0) is 9.53 Å². The molecule has 0 aromatic carbocycles. The van der Waals surface area contributed by atoms with Crippen LogP contribution in [0.25, 0.3) is 0 Å². The number of hydrogen-bond acceptors (Lipinski definition) is 3. The van der Waals surface area contributed by atoms with Gasteiger partial charge in [0.15, 0.2) is 5.54 Å². The van der Waals surface area contributed by atoms with E-state index in [9.17, 15) is 4.79 Å². The van der Waals surface area contributed by atoms with Crippen molar-refractivity contribution in [1.82, 2.24) is 4.84 Å². The van der Waals surface area contributed by atoms with E-state index in [4.69, 9.17) is 16.5 Å². The molecule has 1 unspecified atom stereocenters. The number of esters is 1. The molecule has 12 heavy (non-hydrogen) atoms. The minimum Gasteiger partial charge on any atom is -0.464 e. The summed E-state index contributed by atoms with van der Waals surface area (Å²) < 4.78 is 4.87. The zero-order valence-electron chi connectivity index (χ0n) is 7.19. The van der Waals surface area contributed by atoms with Crippen molar-refractivity contribution in [3.05, 3.63) is 11.6 Å². The van der Waals surface area contributed by atoms with Gasteiger partial charge in [-0.1, -0.05) is 6.08 Å². The van der Waals surface area contributed by atoms with E-state index in [1.165, 1.54) is 0 Å². The Kier molecular flexibility index (Phi) is 2.75. The van der Waals surface area contributed by atoms with Crippen LogP contribution in [0.1, 0.15) is 20.3 Å². The number of allylic oxidation sites excluding steroid dienone is 1. The lowest BCUT2D eigenvalue weighted by Gasteiger charge is -2.09. The molecular formula is C8H12ClNO2. The van der Waals surface area contributed by atoms with E-state index in [0.717, 1.165) is 5.57 Å². The number of rotatable bonds is 3. The second kappa shape index (κ2) is 3.46. The van der Waals surface area contributed by atoms with Crippen molar-refractivity contribution in [2.45, 2.75) is 25.8 Å². The van der Waals surface area contributed by atoms with E-state index < -0.39 is 5.54 Å². The summed E-state index contributed by atoms with van der Waals surface area (Å²) in [5, 5.41) is 0. The molecule has 0 aromatic heterocycles. The van der Waals surface area contributed by atoms with E-state index in [-0.39, 0.29) is 5.97 Å². The second-order valence-electron chi connectivity index (χ2n) is 2.71. The molecule has 68 valence electrons. The highest BCUT2D eigenvalue weighted by molar-refractivity contribution is 6.17. The molecule has 0 radical (unpaired) electrons. The molecule has 1 saturated carbocycles. The summed E-state index contributed by atoms with van der Waals surface area (Å²) in [5.41, 5.74) is 0.280. The van der Waals surface area contributed by atoms with Crippen LogP contribution in [0, 0.1) is 0 Å². The molecule has 0 aliphatic heterocycles. The Morgan fingerprint density at radius 2 is 2.58 bits per heavy atom. The van der Waals surface area contributed by atoms with Crippen molar-refractivity contribution in [3.63, 3.8) is 0 Å². The van der Waals surface area contributed by atoms with Crippen molar-refractivity contribution < 1.29 is 9.53 Å². The highest BCUT2D eigenvalue weighted by Gasteiger charge is 2.56. The van der Waals surface area contributed by atoms with Crippen molar-refractivity contribution in [2.24, 2.45) is 0 Å². The summed E-state index contributed by atoms with van der Waals surface area (Å²) >= 11 is 5.47. The largest absolute Gasteiger partial charge is 0.464 e. The standard InChI is InChI=1S/C8H12ClNO2/c1-3-6-5-8(6,10-9)7(11)12-4-2/h3,10H,4-5H2,1-2H3/b6-3-. The molecule has 0 saturated heterocycles. The van der Waals surface area contributed by atoms with Gasteiger partial charge in [-0.15, -0.1) is 0 Å². The maximum Gasteiger partial charge on any atom is 0.332 e. The summed E-state index contributed by atoms with van der Waals surface area (Å²) in [6.07, 6.45) is 2.54. The molecule has 1 atom stereocenters. The Hall–Kier alpha value is -0.540. The summed E-state index contributed by atoms with van der Waals surface area (Å²) in [5.74, 6) is -0.284. The zero-order chi connectivity index (χ0) is 9.19. The van der Waals surface area contributed by atoms with Crippen LogP contribution in [0.4, 0.5) is 0 Å². The van der Waals surface area contributed by atoms with Crippen LogP contribution in [0.2, 0.25) is 0 Å². The first-order valence-corrected chi connectivity index (χ1v) is 4.29. The SMILES string of the molecule is C/C=C1/CC1(NCl)C(=O)OCC. The van der Waals surface area contributed by atoms with E-state index >= 15 is 0 Å². The number of ether oxygens (including phenoxy) is 1. The number of carbonyl (C=O) groups excluding carboxylic acids is 1. The highest BCUT2D eigenvalue weighted by Crippen LogP contribution is 2.44. The lowest BCUT2D eigenvalue weighted by molar-refractivity contribution is -0.145. The second-order valence-corrected chi connectivity index (χ2v) is 2.90. The molecule has 0 bridgehead atoms. The van der Waals surface area contributed by atoms with Crippen LogP contribution >= 0.6 is 11.8 Å².